The van der Waals surface area contributed by atoms with Gasteiger partial charge in [-0.3, -0.25) is 0 Å². The Hall–Kier alpha value is -1.02. The van der Waals surface area contributed by atoms with Crippen molar-refractivity contribution in [3.63, 3.8) is 0 Å². The second kappa shape index (κ2) is 4.10. The molecule has 0 atom stereocenters. The molecule has 2 heteroatoms. The lowest BCUT2D eigenvalue weighted by atomic mass is 10.1. The van der Waals surface area contributed by atoms with Crippen molar-refractivity contribution in [3.05, 3.63) is 40.9 Å². The number of anilines is 1. The second-order valence-corrected chi connectivity index (χ2v) is 5.29. The van der Waals surface area contributed by atoms with Crippen molar-refractivity contribution >= 4 is 32.4 Å². The van der Waals surface area contributed by atoms with Gasteiger partial charge < -0.3 is 4.90 Å². The Balaban J connectivity index is 2.05. The van der Waals surface area contributed by atoms with Crippen molar-refractivity contribution in [3.8, 4) is 0 Å². The number of nitrogens with zero attached hydrogens (tertiary/aromatic N) is 1. The van der Waals surface area contributed by atoms with E-state index in [1.807, 2.05) is 0 Å². The third-order valence-corrected chi connectivity index (χ3v) is 3.75. The lowest BCUT2D eigenvalue weighted by Gasteiger charge is -2.18. The van der Waals surface area contributed by atoms with Crippen molar-refractivity contribution in [1.29, 1.82) is 0 Å². The van der Waals surface area contributed by atoms with Gasteiger partial charge in [0.1, 0.15) is 0 Å². The molecule has 1 fully saturated rings. The van der Waals surface area contributed by atoms with Crippen LogP contribution in [-0.2, 0) is 0 Å². The normalized spacial score (nSPS) is 15.9. The number of halogens is 1. The van der Waals surface area contributed by atoms with Gasteiger partial charge in [0.15, 0.2) is 0 Å². The topological polar surface area (TPSA) is 3.24 Å². The molecule has 1 saturated heterocycles. The van der Waals surface area contributed by atoms with Crippen LogP contribution in [0.2, 0.25) is 0 Å². The molecule has 82 valence electrons. The Morgan fingerprint density at radius 2 is 1.56 bits per heavy atom. The summed E-state index contributed by atoms with van der Waals surface area (Å²) in [6, 6.07) is 13.2. The average Bonchev–Trinajstić information content (AvgIpc) is 2.82. The summed E-state index contributed by atoms with van der Waals surface area (Å²) in [5.41, 5.74) is 1.37. The highest BCUT2D eigenvalue weighted by Crippen LogP contribution is 2.26. The van der Waals surface area contributed by atoms with Crippen LogP contribution in [0, 0.1) is 0 Å². The first kappa shape index (κ1) is 10.2. The van der Waals surface area contributed by atoms with Gasteiger partial charge in [0, 0.05) is 23.2 Å². The first-order valence-corrected chi connectivity index (χ1v) is 6.56. The fourth-order valence-electron chi connectivity index (χ4n) is 2.38. The third-order valence-electron chi connectivity index (χ3n) is 3.26. The van der Waals surface area contributed by atoms with Crippen molar-refractivity contribution in [2.45, 2.75) is 12.8 Å². The summed E-state index contributed by atoms with van der Waals surface area (Å²) in [6.07, 6.45) is 2.66. The Morgan fingerprint density at radius 1 is 0.875 bits per heavy atom. The van der Waals surface area contributed by atoms with Crippen molar-refractivity contribution in [2.75, 3.05) is 18.0 Å². The summed E-state index contributed by atoms with van der Waals surface area (Å²) in [5, 5.41) is 2.63. The van der Waals surface area contributed by atoms with Gasteiger partial charge in [0.05, 0.1) is 0 Å². The predicted molar refractivity (Wildman–Crippen MR) is 73.1 cm³/mol. The largest absolute Gasteiger partial charge is 0.372 e. The minimum absolute atomic E-state index is 1.15. The molecule has 2 aromatic rings. The standard InChI is InChI=1S/C14H14BrN/c15-13-5-3-12-10-14(6-4-11(12)9-13)16-7-1-2-8-16/h3-6,9-10H,1-2,7-8H2. The van der Waals surface area contributed by atoms with Crippen LogP contribution in [0.1, 0.15) is 12.8 Å². The molecule has 0 spiro atoms. The summed E-state index contributed by atoms with van der Waals surface area (Å²) < 4.78 is 1.15. The van der Waals surface area contributed by atoms with Crippen LogP contribution in [0.5, 0.6) is 0 Å². The number of rotatable bonds is 1. The zero-order valence-corrected chi connectivity index (χ0v) is 10.7. The minimum Gasteiger partial charge on any atom is -0.372 e. The van der Waals surface area contributed by atoms with Gasteiger partial charge in [0.2, 0.25) is 0 Å². The molecule has 0 unspecified atom stereocenters. The highest BCUT2D eigenvalue weighted by Gasteiger charge is 2.12. The van der Waals surface area contributed by atoms with Crippen molar-refractivity contribution < 1.29 is 0 Å². The van der Waals surface area contributed by atoms with E-state index in [-0.39, 0.29) is 0 Å². The zero-order chi connectivity index (χ0) is 11.0. The predicted octanol–water partition coefficient (Wildman–Crippen LogP) is 4.20. The average molecular weight is 276 g/mol. The molecule has 1 aliphatic heterocycles. The molecule has 1 nitrogen and oxygen atoms in total. The molecule has 0 N–H and O–H groups in total. The number of hydrogen-bond acceptors (Lipinski definition) is 1. The summed E-state index contributed by atoms with van der Waals surface area (Å²) in [5.74, 6) is 0. The third kappa shape index (κ3) is 1.82. The van der Waals surface area contributed by atoms with E-state index in [2.05, 4.69) is 57.2 Å². The van der Waals surface area contributed by atoms with E-state index < -0.39 is 0 Å². The Labute approximate surface area is 104 Å². The van der Waals surface area contributed by atoms with Crippen LogP contribution in [0.25, 0.3) is 10.8 Å². The number of benzene rings is 2. The lowest BCUT2D eigenvalue weighted by molar-refractivity contribution is 0.949. The van der Waals surface area contributed by atoms with E-state index >= 15 is 0 Å². The van der Waals surface area contributed by atoms with E-state index in [4.69, 9.17) is 0 Å². The van der Waals surface area contributed by atoms with Crippen LogP contribution < -0.4 is 4.90 Å². The van der Waals surface area contributed by atoms with Gasteiger partial charge in [-0.05, 0) is 47.9 Å². The van der Waals surface area contributed by atoms with Crippen LogP contribution >= 0.6 is 15.9 Å². The second-order valence-electron chi connectivity index (χ2n) is 4.37. The van der Waals surface area contributed by atoms with E-state index in [1.54, 1.807) is 0 Å². The molecule has 0 aromatic heterocycles. The van der Waals surface area contributed by atoms with E-state index in [0.29, 0.717) is 0 Å². The number of fused-ring (bicyclic) bond motifs is 1. The lowest BCUT2D eigenvalue weighted by Crippen LogP contribution is -2.17. The van der Waals surface area contributed by atoms with Crippen LogP contribution in [-0.4, -0.2) is 13.1 Å². The van der Waals surface area contributed by atoms with E-state index in [0.717, 1.165) is 4.47 Å². The molecular weight excluding hydrogens is 262 g/mol. The van der Waals surface area contributed by atoms with Crippen LogP contribution in [0.3, 0.4) is 0 Å². The van der Waals surface area contributed by atoms with Crippen LogP contribution in [0.4, 0.5) is 5.69 Å². The van der Waals surface area contributed by atoms with Gasteiger partial charge in [-0.25, -0.2) is 0 Å². The fourth-order valence-corrected chi connectivity index (χ4v) is 2.75. The highest BCUT2D eigenvalue weighted by molar-refractivity contribution is 9.10. The maximum atomic E-state index is 3.51. The highest BCUT2D eigenvalue weighted by atomic mass is 79.9. The Kier molecular flexibility index (Phi) is 2.60. The maximum absolute atomic E-state index is 3.51. The zero-order valence-electron chi connectivity index (χ0n) is 9.12. The van der Waals surface area contributed by atoms with Gasteiger partial charge in [-0.1, -0.05) is 28.1 Å². The molecule has 1 aliphatic rings. The first-order chi connectivity index (χ1) is 7.83. The molecule has 0 bridgehead atoms. The molecular formula is C14H14BrN. The molecule has 0 saturated carbocycles. The Morgan fingerprint density at radius 3 is 2.38 bits per heavy atom. The molecule has 0 amide bonds. The SMILES string of the molecule is Brc1ccc2cc(N3CCCC3)ccc2c1. The monoisotopic (exact) mass is 275 g/mol. The van der Waals surface area contributed by atoms with Crippen molar-refractivity contribution in [2.24, 2.45) is 0 Å². The van der Waals surface area contributed by atoms with E-state index in [1.165, 1.54) is 42.4 Å². The van der Waals surface area contributed by atoms with Gasteiger partial charge >= 0.3 is 0 Å². The number of hydrogen-bond donors (Lipinski definition) is 0. The summed E-state index contributed by atoms with van der Waals surface area (Å²) in [4.78, 5) is 2.47. The summed E-state index contributed by atoms with van der Waals surface area (Å²) in [7, 11) is 0. The molecule has 0 radical (unpaired) electrons. The fraction of sp³-hybridized carbons (Fsp3) is 0.286. The maximum Gasteiger partial charge on any atom is 0.0372 e. The van der Waals surface area contributed by atoms with E-state index in [9.17, 15) is 0 Å². The van der Waals surface area contributed by atoms with Gasteiger partial charge in [-0.15, -0.1) is 0 Å². The summed E-state index contributed by atoms with van der Waals surface area (Å²) >= 11 is 3.51. The minimum atomic E-state index is 1.15. The van der Waals surface area contributed by atoms with Gasteiger partial charge in [-0.2, -0.15) is 0 Å². The summed E-state index contributed by atoms with van der Waals surface area (Å²) in [6.45, 7) is 2.42. The molecule has 3 rings (SSSR count). The molecule has 1 heterocycles. The first-order valence-electron chi connectivity index (χ1n) is 5.77. The smallest absolute Gasteiger partial charge is 0.0372 e. The quantitative estimate of drug-likeness (QED) is 0.754. The molecule has 16 heavy (non-hydrogen) atoms. The molecule has 0 aliphatic carbocycles. The Bertz CT molecular complexity index is 515. The molecule has 2 aromatic carbocycles. The van der Waals surface area contributed by atoms with Gasteiger partial charge in [0.25, 0.3) is 0 Å². The van der Waals surface area contributed by atoms with Crippen molar-refractivity contribution in [1.82, 2.24) is 0 Å². The van der Waals surface area contributed by atoms with Crippen LogP contribution in [0.15, 0.2) is 40.9 Å².